The summed E-state index contributed by atoms with van der Waals surface area (Å²) in [5, 5.41) is 0. The topological polar surface area (TPSA) is 36.9 Å². The van der Waals surface area contributed by atoms with E-state index in [1.807, 2.05) is 54.6 Å². The predicted molar refractivity (Wildman–Crippen MR) is 119 cm³/mol. The molecule has 0 aromatic heterocycles. The summed E-state index contributed by atoms with van der Waals surface area (Å²) in [6.07, 6.45) is 0.923. The molecule has 0 saturated carbocycles. The lowest BCUT2D eigenvalue weighted by Gasteiger charge is -2.18. The molecule has 4 nitrogen and oxygen atoms in total. The van der Waals surface area contributed by atoms with Crippen LogP contribution in [0.25, 0.3) is 0 Å². The normalized spacial score (nSPS) is 10.9. The second-order valence-corrected chi connectivity index (χ2v) is 7.28. The van der Waals surface area contributed by atoms with Gasteiger partial charge in [-0.25, -0.2) is 0 Å². The van der Waals surface area contributed by atoms with Crippen LogP contribution in [0.15, 0.2) is 78.9 Å². The standard InChI is InChI=1S/C26H30O4/c1-27-25-12-8-22(9-13-25)17-29-19-24(16-21-6-4-3-5-7-21)20-30-18-23-10-14-26(28-2)15-11-23/h3-15,24H,16-20H2,1-2H3. The Morgan fingerprint density at radius 3 is 1.47 bits per heavy atom. The number of hydrogen-bond acceptors (Lipinski definition) is 4. The van der Waals surface area contributed by atoms with Crippen LogP contribution in [0.3, 0.4) is 0 Å². The fourth-order valence-corrected chi connectivity index (χ4v) is 3.24. The molecular weight excluding hydrogens is 376 g/mol. The van der Waals surface area contributed by atoms with E-state index in [1.165, 1.54) is 5.56 Å². The Labute approximate surface area is 179 Å². The van der Waals surface area contributed by atoms with Crippen LogP contribution < -0.4 is 9.47 Å². The minimum atomic E-state index is 0.281. The zero-order chi connectivity index (χ0) is 21.0. The zero-order valence-corrected chi connectivity index (χ0v) is 17.8. The highest BCUT2D eigenvalue weighted by atomic mass is 16.5. The van der Waals surface area contributed by atoms with E-state index in [0.29, 0.717) is 26.4 Å². The molecule has 0 fully saturated rings. The van der Waals surface area contributed by atoms with E-state index in [0.717, 1.165) is 29.0 Å². The van der Waals surface area contributed by atoms with E-state index >= 15 is 0 Å². The van der Waals surface area contributed by atoms with Crippen molar-refractivity contribution >= 4 is 0 Å². The Balaban J connectivity index is 1.51. The molecule has 0 heterocycles. The molecule has 0 radical (unpaired) electrons. The maximum atomic E-state index is 6.02. The van der Waals surface area contributed by atoms with Crippen molar-refractivity contribution in [3.63, 3.8) is 0 Å². The van der Waals surface area contributed by atoms with Gasteiger partial charge in [-0.1, -0.05) is 54.6 Å². The van der Waals surface area contributed by atoms with Gasteiger partial charge in [0.15, 0.2) is 0 Å². The van der Waals surface area contributed by atoms with Gasteiger partial charge in [0.2, 0.25) is 0 Å². The van der Waals surface area contributed by atoms with E-state index in [1.54, 1.807) is 14.2 Å². The third kappa shape index (κ3) is 7.21. The molecule has 3 aromatic carbocycles. The van der Waals surface area contributed by atoms with Crippen LogP contribution in [0, 0.1) is 5.92 Å². The van der Waals surface area contributed by atoms with Crippen molar-refractivity contribution in [2.45, 2.75) is 19.6 Å². The lowest BCUT2D eigenvalue weighted by Crippen LogP contribution is -2.19. The van der Waals surface area contributed by atoms with Crippen molar-refractivity contribution in [1.29, 1.82) is 0 Å². The summed E-state index contributed by atoms with van der Waals surface area (Å²) in [5.74, 6) is 1.99. The van der Waals surface area contributed by atoms with Crippen molar-refractivity contribution in [2.75, 3.05) is 27.4 Å². The molecular formula is C26H30O4. The van der Waals surface area contributed by atoms with Crippen LogP contribution in [-0.2, 0) is 29.1 Å². The van der Waals surface area contributed by atoms with Gasteiger partial charge in [0.05, 0.1) is 40.6 Å². The van der Waals surface area contributed by atoms with Gasteiger partial charge in [0.1, 0.15) is 11.5 Å². The van der Waals surface area contributed by atoms with Crippen LogP contribution in [-0.4, -0.2) is 27.4 Å². The second-order valence-electron chi connectivity index (χ2n) is 7.28. The largest absolute Gasteiger partial charge is 0.497 e. The molecule has 30 heavy (non-hydrogen) atoms. The Hall–Kier alpha value is -2.82. The highest BCUT2D eigenvalue weighted by Crippen LogP contribution is 2.16. The van der Waals surface area contributed by atoms with Gasteiger partial charge in [-0.05, 0) is 47.4 Å². The molecule has 0 bridgehead atoms. The van der Waals surface area contributed by atoms with E-state index in [9.17, 15) is 0 Å². The van der Waals surface area contributed by atoms with Crippen LogP contribution in [0.2, 0.25) is 0 Å². The summed E-state index contributed by atoms with van der Waals surface area (Å²) in [6.45, 7) is 2.44. The number of hydrogen-bond donors (Lipinski definition) is 0. The number of rotatable bonds is 12. The Morgan fingerprint density at radius 1 is 0.567 bits per heavy atom. The second kappa shape index (κ2) is 12.0. The molecule has 0 aliphatic rings. The smallest absolute Gasteiger partial charge is 0.118 e. The summed E-state index contributed by atoms with van der Waals surface area (Å²) >= 11 is 0. The van der Waals surface area contributed by atoms with E-state index in [4.69, 9.17) is 18.9 Å². The SMILES string of the molecule is COc1ccc(COCC(COCc2ccc(OC)cc2)Cc2ccccc2)cc1. The van der Waals surface area contributed by atoms with Crippen molar-refractivity contribution in [1.82, 2.24) is 0 Å². The molecule has 158 valence electrons. The molecule has 0 N–H and O–H groups in total. The van der Waals surface area contributed by atoms with Crippen molar-refractivity contribution in [2.24, 2.45) is 5.92 Å². The van der Waals surface area contributed by atoms with Gasteiger partial charge >= 0.3 is 0 Å². The van der Waals surface area contributed by atoms with Crippen LogP contribution in [0.4, 0.5) is 0 Å². The number of benzene rings is 3. The molecule has 0 atom stereocenters. The quantitative estimate of drug-likeness (QED) is 0.409. The van der Waals surface area contributed by atoms with Gasteiger partial charge in [-0.15, -0.1) is 0 Å². The van der Waals surface area contributed by atoms with Gasteiger partial charge < -0.3 is 18.9 Å². The number of methoxy groups -OCH3 is 2. The van der Waals surface area contributed by atoms with Crippen molar-refractivity contribution in [3.8, 4) is 11.5 Å². The lowest BCUT2D eigenvalue weighted by molar-refractivity contribution is 0.0271. The molecule has 0 aliphatic carbocycles. The summed E-state index contributed by atoms with van der Waals surface area (Å²) in [7, 11) is 3.34. The third-order valence-electron chi connectivity index (χ3n) is 4.93. The Morgan fingerprint density at radius 2 is 1.03 bits per heavy atom. The van der Waals surface area contributed by atoms with Crippen molar-refractivity contribution < 1.29 is 18.9 Å². The van der Waals surface area contributed by atoms with E-state index in [2.05, 4.69) is 24.3 Å². The van der Waals surface area contributed by atoms with Gasteiger partial charge in [-0.3, -0.25) is 0 Å². The molecule has 0 unspecified atom stereocenters. The predicted octanol–water partition coefficient (Wildman–Crippen LogP) is 5.30. The molecule has 3 aromatic rings. The summed E-state index contributed by atoms with van der Waals surface area (Å²) < 4.78 is 22.5. The first-order chi connectivity index (χ1) is 14.8. The van der Waals surface area contributed by atoms with Crippen LogP contribution >= 0.6 is 0 Å². The summed E-state index contributed by atoms with van der Waals surface area (Å²) in [6, 6.07) is 26.4. The van der Waals surface area contributed by atoms with Crippen LogP contribution in [0.1, 0.15) is 16.7 Å². The average molecular weight is 407 g/mol. The van der Waals surface area contributed by atoms with E-state index in [-0.39, 0.29) is 5.92 Å². The Bertz CT molecular complexity index is 791. The zero-order valence-electron chi connectivity index (χ0n) is 17.8. The first-order valence-electron chi connectivity index (χ1n) is 10.2. The van der Waals surface area contributed by atoms with Gasteiger partial charge in [0, 0.05) is 5.92 Å². The molecule has 0 amide bonds. The minimum Gasteiger partial charge on any atom is -0.497 e. The monoisotopic (exact) mass is 406 g/mol. The molecule has 3 rings (SSSR count). The fourth-order valence-electron chi connectivity index (χ4n) is 3.24. The van der Waals surface area contributed by atoms with E-state index < -0.39 is 0 Å². The van der Waals surface area contributed by atoms with Gasteiger partial charge in [0.25, 0.3) is 0 Å². The maximum absolute atomic E-state index is 6.02. The first-order valence-corrected chi connectivity index (χ1v) is 10.2. The fraction of sp³-hybridized carbons (Fsp3) is 0.308. The summed E-state index contributed by atoms with van der Waals surface area (Å²) in [5.41, 5.74) is 3.56. The van der Waals surface area contributed by atoms with Crippen LogP contribution in [0.5, 0.6) is 11.5 Å². The highest BCUT2D eigenvalue weighted by molar-refractivity contribution is 5.27. The summed E-state index contributed by atoms with van der Waals surface area (Å²) in [4.78, 5) is 0. The number of ether oxygens (including phenoxy) is 4. The lowest BCUT2D eigenvalue weighted by atomic mass is 10.0. The Kier molecular flexibility index (Phi) is 8.76. The molecule has 0 spiro atoms. The van der Waals surface area contributed by atoms with Gasteiger partial charge in [-0.2, -0.15) is 0 Å². The average Bonchev–Trinajstić information content (AvgIpc) is 2.80. The third-order valence-corrected chi connectivity index (χ3v) is 4.93. The molecule has 0 aliphatic heterocycles. The van der Waals surface area contributed by atoms with Crippen molar-refractivity contribution in [3.05, 3.63) is 95.6 Å². The highest BCUT2D eigenvalue weighted by Gasteiger charge is 2.11. The first kappa shape index (κ1) is 21.9. The molecule has 0 saturated heterocycles. The maximum Gasteiger partial charge on any atom is 0.118 e. The molecule has 4 heteroatoms. The minimum absolute atomic E-state index is 0.281.